The standard InChI is InChI=1S/C16H21N3/c1-19(12-15-7-9-18-10-8-15)13-16(17)11-14-5-3-2-4-6-14/h2-10,16H,11-13,17H2,1H3/t16-/m0/s1. The van der Waals surface area contributed by atoms with E-state index in [2.05, 4.69) is 41.2 Å². The molecule has 1 aromatic carbocycles. The van der Waals surface area contributed by atoms with E-state index in [0.717, 1.165) is 19.5 Å². The number of nitrogens with two attached hydrogens (primary N) is 1. The molecule has 2 N–H and O–H groups in total. The van der Waals surface area contributed by atoms with Crippen LogP contribution in [-0.4, -0.2) is 29.5 Å². The summed E-state index contributed by atoms with van der Waals surface area (Å²) in [5, 5.41) is 0. The Morgan fingerprint density at radius 3 is 2.42 bits per heavy atom. The van der Waals surface area contributed by atoms with E-state index in [9.17, 15) is 0 Å². The highest BCUT2D eigenvalue weighted by Gasteiger charge is 2.08. The highest BCUT2D eigenvalue weighted by atomic mass is 15.1. The van der Waals surface area contributed by atoms with Crippen molar-refractivity contribution in [2.45, 2.75) is 19.0 Å². The molecule has 0 fully saturated rings. The van der Waals surface area contributed by atoms with Gasteiger partial charge in [0.15, 0.2) is 0 Å². The van der Waals surface area contributed by atoms with Gasteiger partial charge < -0.3 is 10.6 Å². The molecule has 0 spiro atoms. The molecule has 0 saturated carbocycles. The van der Waals surface area contributed by atoms with Crippen LogP contribution in [0.25, 0.3) is 0 Å². The maximum absolute atomic E-state index is 6.21. The van der Waals surface area contributed by atoms with Gasteiger partial charge in [0.05, 0.1) is 0 Å². The van der Waals surface area contributed by atoms with Crippen LogP contribution in [0.5, 0.6) is 0 Å². The molecule has 100 valence electrons. The van der Waals surface area contributed by atoms with Crippen molar-refractivity contribution in [3.63, 3.8) is 0 Å². The molecule has 0 amide bonds. The molecule has 0 unspecified atom stereocenters. The van der Waals surface area contributed by atoms with Crippen LogP contribution in [0.2, 0.25) is 0 Å². The molecule has 0 bridgehead atoms. The second-order valence-electron chi connectivity index (χ2n) is 5.00. The fourth-order valence-corrected chi connectivity index (χ4v) is 2.25. The van der Waals surface area contributed by atoms with Gasteiger partial charge in [-0.05, 0) is 36.7 Å². The smallest absolute Gasteiger partial charge is 0.0271 e. The van der Waals surface area contributed by atoms with Crippen molar-refractivity contribution < 1.29 is 0 Å². The van der Waals surface area contributed by atoms with Crippen molar-refractivity contribution in [2.24, 2.45) is 5.73 Å². The number of benzene rings is 1. The normalized spacial score (nSPS) is 12.6. The summed E-state index contributed by atoms with van der Waals surface area (Å²) in [5.74, 6) is 0. The second kappa shape index (κ2) is 7.02. The predicted molar refractivity (Wildman–Crippen MR) is 78.7 cm³/mol. The number of pyridine rings is 1. The zero-order valence-corrected chi connectivity index (χ0v) is 11.4. The third kappa shape index (κ3) is 4.81. The second-order valence-corrected chi connectivity index (χ2v) is 5.00. The van der Waals surface area contributed by atoms with E-state index in [1.165, 1.54) is 11.1 Å². The molecule has 2 rings (SSSR count). The van der Waals surface area contributed by atoms with Crippen molar-refractivity contribution in [3.05, 3.63) is 66.0 Å². The van der Waals surface area contributed by atoms with Crippen molar-refractivity contribution >= 4 is 0 Å². The van der Waals surface area contributed by atoms with Crippen molar-refractivity contribution in [1.82, 2.24) is 9.88 Å². The molecule has 1 aromatic heterocycles. The Labute approximate surface area is 115 Å². The van der Waals surface area contributed by atoms with Gasteiger partial charge >= 0.3 is 0 Å². The molecule has 0 saturated heterocycles. The summed E-state index contributed by atoms with van der Waals surface area (Å²) in [6.45, 7) is 1.79. The average Bonchev–Trinajstić information content (AvgIpc) is 2.40. The number of rotatable bonds is 6. The summed E-state index contributed by atoms with van der Waals surface area (Å²) in [6.07, 6.45) is 4.57. The van der Waals surface area contributed by atoms with Crippen molar-refractivity contribution in [1.29, 1.82) is 0 Å². The summed E-state index contributed by atoms with van der Waals surface area (Å²) >= 11 is 0. The highest BCUT2D eigenvalue weighted by Crippen LogP contribution is 2.05. The van der Waals surface area contributed by atoms with Gasteiger partial charge in [0, 0.05) is 31.5 Å². The molecule has 2 aromatic rings. The molecule has 0 aliphatic rings. The Hall–Kier alpha value is -1.71. The fraction of sp³-hybridized carbons (Fsp3) is 0.312. The lowest BCUT2D eigenvalue weighted by molar-refractivity contribution is 0.302. The Morgan fingerprint density at radius 2 is 1.74 bits per heavy atom. The zero-order chi connectivity index (χ0) is 13.5. The Morgan fingerprint density at radius 1 is 1.05 bits per heavy atom. The summed E-state index contributed by atoms with van der Waals surface area (Å²) < 4.78 is 0. The minimum absolute atomic E-state index is 0.161. The molecule has 0 radical (unpaired) electrons. The molecule has 3 nitrogen and oxygen atoms in total. The first-order valence-corrected chi connectivity index (χ1v) is 6.61. The van der Waals surface area contributed by atoms with Crippen LogP contribution in [-0.2, 0) is 13.0 Å². The molecule has 19 heavy (non-hydrogen) atoms. The van der Waals surface area contributed by atoms with Gasteiger partial charge in [0.2, 0.25) is 0 Å². The van der Waals surface area contributed by atoms with Crippen LogP contribution in [0.15, 0.2) is 54.9 Å². The first-order chi connectivity index (χ1) is 9.24. The van der Waals surface area contributed by atoms with E-state index in [0.29, 0.717) is 0 Å². The van der Waals surface area contributed by atoms with E-state index in [4.69, 9.17) is 5.73 Å². The molecule has 0 aliphatic heterocycles. The monoisotopic (exact) mass is 255 g/mol. The van der Waals surface area contributed by atoms with E-state index in [1.807, 2.05) is 30.6 Å². The highest BCUT2D eigenvalue weighted by molar-refractivity contribution is 5.16. The SMILES string of the molecule is CN(Cc1ccncc1)C[C@@H](N)Cc1ccccc1. The van der Waals surface area contributed by atoms with Crippen LogP contribution in [0.1, 0.15) is 11.1 Å². The molecule has 3 heteroatoms. The third-order valence-electron chi connectivity index (χ3n) is 3.09. The lowest BCUT2D eigenvalue weighted by Gasteiger charge is -2.21. The Bertz CT molecular complexity index is 424. The van der Waals surface area contributed by atoms with E-state index in [-0.39, 0.29) is 6.04 Å². The number of nitrogens with zero attached hydrogens (tertiary/aromatic N) is 2. The van der Waals surface area contributed by atoms with Gasteiger partial charge in [-0.1, -0.05) is 30.3 Å². The number of aromatic nitrogens is 1. The summed E-state index contributed by atoms with van der Waals surface area (Å²) in [5.41, 5.74) is 8.77. The molecule has 1 atom stereocenters. The first kappa shape index (κ1) is 13.7. The first-order valence-electron chi connectivity index (χ1n) is 6.61. The number of likely N-dealkylation sites (N-methyl/N-ethyl adjacent to an activating group) is 1. The molecular weight excluding hydrogens is 234 g/mol. The molecule has 1 heterocycles. The maximum Gasteiger partial charge on any atom is 0.0271 e. The Kier molecular flexibility index (Phi) is 5.07. The van der Waals surface area contributed by atoms with Crippen molar-refractivity contribution in [3.8, 4) is 0 Å². The predicted octanol–water partition coefficient (Wildman–Crippen LogP) is 2.08. The van der Waals surface area contributed by atoms with Gasteiger partial charge in [-0.25, -0.2) is 0 Å². The van der Waals surface area contributed by atoms with Crippen molar-refractivity contribution in [2.75, 3.05) is 13.6 Å². The topological polar surface area (TPSA) is 42.2 Å². The Balaban J connectivity index is 1.80. The van der Waals surface area contributed by atoms with Crippen LogP contribution in [0, 0.1) is 0 Å². The van der Waals surface area contributed by atoms with Crippen LogP contribution in [0.4, 0.5) is 0 Å². The summed E-state index contributed by atoms with van der Waals surface area (Å²) in [7, 11) is 2.10. The zero-order valence-electron chi connectivity index (χ0n) is 11.4. The number of hydrogen-bond acceptors (Lipinski definition) is 3. The fourth-order valence-electron chi connectivity index (χ4n) is 2.25. The van der Waals surface area contributed by atoms with Crippen LogP contribution in [0.3, 0.4) is 0 Å². The largest absolute Gasteiger partial charge is 0.326 e. The van der Waals surface area contributed by atoms with Gasteiger partial charge in [-0.15, -0.1) is 0 Å². The van der Waals surface area contributed by atoms with Crippen LogP contribution >= 0.6 is 0 Å². The quantitative estimate of drug-likeness (QED) is 0.859. The molecular formula is C16H21N3. The minimum atomic E-state index is 0.161. The van der Waals surface area contributed by atoms with E-state index < -0.39 is 0 Å². The lowest BCUT2D eigenvalue weighted by atomic mass is 10.1. The molecule has 0 aliphatic carbocycles. The van der Waals surface area contributed by atoms with Gasteiger partial charge in [0.1, 0.15) is 0 Å². The van der Waals surface area contributed by atoms with Gasteiger partial charge in [-0.2, -0.15) is 0 Å². The third-order valence-corrected chi connectivity index (χ3v) is 3.09. The lowest BCUT2D eigenvalue weighted by Crippen LogP contribution is -2.36. The maximum atomic E-state index is 6.21. The minimum Gasteiger partial charge on any atom is -0.326 e. The number of hydrogen-bond donors (Lipinski definition) is 1. The van der Waals surface area contributed by atoms with E-state index >= 15 is 0 Å². The van der Waals surface area contributed by atoms with Gasteiger partial charge in [-0.3, -0.25) is 4.98 Å². The summed E-state index contributed by atoms with van der Waals surface area (Å²) in [6, 6.07) is 14.6. The summed E-state index contributed by atoms with van der Waals surface area (Å²) in [4.78, 5) is 6.28. The average molecular weight is 255 g/mol. The van der Waals surface area contributed by atoms with Crippen LogP contribution < -0.4 is 5.73 Å². The van der Waals surface area contributed by atoms with Gasteiger partial charge in [0.25, 0.3) is 0 Å². The van der Waals surface area contributed by atoms with E-state index in [1.54, 1.807) is 0 Å².